The third kappa shape index (κ3) is 2.44. The lowest BCUT2D eigenvalue weighted by Crippen LogP contribution is -2.44. The number of hydrogen-bond acceptors (Lipinski definition) is 5. The van der Waals surface area contributed by atoms with E-state index in [4.69, 9.17) is 4.98 Å². The van der Waals surface area contributed by atoms with Crippen molar-refractivity contribution in [2.24, 2.45) is 0 Å². The Morgan fingerprint density at radius 3 is 3.00 bits per heavy atom. The van der Waals surface area contributed by atoms with Gasteiger partial charge >= 0.3 is 5.97 Å². The molecule has 20 heavy (non-hydrogen) atoms. The molecule has 1 saturated heterocycles. The van der Waals surface area contributed by atoms with Crippen LogP contribution in [-0.4, -0.2) is 39.6 Å². The van der Waals surface area contributed by atoms with Crippen molar-refractivity contribution in [1.82, 2.24) is 4.98 Å². The number of rotatable bonds is 2. The van der Waals surface area contributed by atoms with E-state index in [2.05, 4.69) is 18.7 Å². The predicted molar refractivity (Wildman–Crippen MR) is 84.2 cm³/mol. The third-order valence-corrected chi connectivity index (χ3v) is 6.88. The summed E-state index contributed by atoms with van der Waals surface area (Å²) in [5.74, 6) is 0.00652. The first-order valence-electron chi connectivity index (χ1n) is 7.18. The van der Waals surface area contributed by atoms with Crippen LogP contribution in [0.2, 0.25) is 0 Å². The van der Waals surface area contributed by atoms with Crippen molar-refractivity contribution < 1.29 is 9.90 Å². The zero-order valence-electron chi connectivity index (χ0n) is 11.8. The van der Waals surface area contributed by atoms with Gasteiger partial charge < -0.3 is 10.0 Å². The second-order valence-corrected chi connectivity index (χ2v) is 8.15. The minimum absolute atomic E-state index is 0.393. The van der Waals surface area contributed by atoms with Gasteiger partial charge in [0.05, 0.1) is 5.69 Å². The lowest BCUT2D eigenvalue weighted by molar-refractivity contribution is -0.139. The minimum atomic E-state index is -0.724. The minimum Gasteiger partial charge on any atom is -0.481 e. The number of aliphatic carboxylic acids is 1. The molecule has 1 fully saturated rings. The van der Waals surface area contributed by atoms with E-state index >= 15 is 0 Å². The van der Waals surface area contributed by atoms with Gasteiger partial charge in [-0.2, -0.15) is 11.8 Å². The number of carboxylic acids is 1. The highest BCUT2D eigenvalue weighted by molar-refractivity contribution is 8.00. The summed E-state index contributed by atoms with van der Waals surface area (Å²) >= 11 is 3.72. The third-order valence-electron chi connectivity index (χ3n) is 4.37. The summed E-state index contributed by atoms with van der Waals surface area (Å²) in [6.45, 7) is 5.52. The van der Waals surface area contributed by atoms with Gasteiger partial charge in [-0.15, -0.1) is 11.3 Å². The largest absolute Gasteiger partial charge is 0.481 e. The maximum absolute atomic E-state index is 11.4. The van der Waals surface area contributed by atoms with Crippen molar-refractivity contribution in [3.8, 4) is 0 Å². The summed E-state index contributed by atoms with van der Waals surface area (Å²) in [7, 11) is 0. The summed E-state index contributed by atoms with van der Waals surface area (Å²) in [5, 5.41) is 11.0. The lowest BCUT2D eigenvalue weighted by Gasteiger charge is -2.37. The van der Waals surface area contributed by atoms with E-state index in [-0.39, 0.29) is 0 Å². The van der Waals surface area contributed by atoms with Crippen molar-refractivity contribution in [2.75, 3.05) is 17.2 Å². The summed E-state index contributed by atoms with van der Waals surface area (Å²) < 4.78 is 0. The van der Waals surface area contributed by atoms with Gasteiger partial charge in [-0.1, -0.05) is 6.92 Å². The number of hydrogen-bond donors (Lipinski definition) is 1. The van der Waals surface area contributed by atoms with E-state index in [0.29, 0.717) is 11.3 Å². The number of carboxylic acid groups (broad SMARTS) is 1. The van der Waals surface area contributed by atoms with Crippen molar-refractivity contribution in [3.05, 3.63) is 10.6 Å². The summed E-state index contributed by atoms with van der Waals surface area (Å²) in [5.41, 5.74) is 0.835. The molecule has 0 radical (unpaired) electrons. The van der Waals surface area contributed by atoms with Gasteiger partial charge in [0, 0.05) is 28.5 Å². The number of aryl methyl sites for hydroxylation is 1. The molecule has 0 saturated carbocycles. The number of nitrogens with zero attached hydrogens (tertiary/aromatic N) is 2. The molecule has 1 aromatic heterocycles. The van der Waals surface area contributed by atoms with E-state index in [9.17, 15) is 9.90 Å². The lowest BCUT2D eigenvalue weighted by atomic mass is 9.91. The molecular formula is C14H20N2O2S2. The zero-order chi connectivity index (χ0) is 14.3. The molecule has 3 atom stereocenters. The Hall–Kier alpha value is -0.750. The molecule has 6 heteroatoms. The van der Waals surface area contributed by atoms with Crippen LogP contribution in [0.5, 0.6) is 0 Å². The summed E-state index contributed by atoms with van der Waals surface area (Å²) in [6, 6.07) is 0.463. The van der Waals surface area contributed by atoms with Gasteiger partial charge in [0.25, 0.3) is 0 Å². The normalized spacial score (nSPS) is 30.1. The Balaban J connectivity index is 1.90. The van der Waals surface area contributed by atoms with Crippen LogP contribution in [0.4, 0.5) is 5.13 Å². The summed E-state index contributed by atoms with van der Waals surface area (Å²) in [4.78, 5) is 19.6. The second-order valence-electron chi connectivity index (χ2n) is 5.60. The molecule has 4 nitrogen and oxygen atoms in total. The molecule has 1 aromatic rings. The van der Waals surface area contributed by atoms with E-state index in [1.54, 1.807) is 11.3 Å². The molecule has 0 spiro atoms. The van der Waals surface area contributed by atoms with Gasteiger partial charge in [0.2, 0.25) is 0 Å². The molecular weight excluding hydrogens is 292 g/mol. The number of thioether (sulfide) groups is 1. The quantitative estimate of drug-likeness (QED) is 0.910. The fourth-order valence-corrected chi connectivity index (χ4v) is 5.35. The molecule has 0 aromatic carbocycles. The molecule has 3 unspecified atom stereocenters. The van der Waals surface area contributed by atoms with Gasteiger partial charge in [0.15, 0.2) is 5.13 Å². The molecule has 1 N–H and O–H groups in total. The topological polar surface area (TPSA) is 53.4 Å². The van der Waals surface area contributed by atoms with Crippen molar-refractivity contribution in [3.63, 3.8) is 0 Å². The molecule has 2 aliphatic rings. The Labute approximate surface area is 127 Å². The molecule has 3 rings (SSSR count). The number of anilines is 1. The van der Waals surface area contributed by atoms with Crippen LogP contribution in [0, 0.1) is 0 Å². The Kier molecular flexibility index (Phi) is 3.95. The zero-order valence-corrected chi connectivity index (χ0v) is 13.5. The van der Waals surface area contributed by atoms with Crippen molar-refractivity contribution >= 4 is 34.2 Å². The monoisotopic (exact) mass is 312 g/mol. The SMILES string of the molecule is CC1SCCN(c2nc3c(s2)CCCC3C(=O)O)C1C. The average molecular weight is 312 g/mol. The number of aromatic nitrogens is 1. The Bertz CT molecular complexity index is 517. The predicted octanol–water partition coefficient (Wildman–Crippen LogP) is 2.98. The Morgan fingerprint density at radius 2 is 2.25 bits per heavy atom. The van der Waals surface area contributed by atoms with Gasteiger partial charge in [-0.3, -0.25) is 4.79 Å². The standard InChI is InChI=1S/C14H20N2O2S2/c1-8-9(2)19-7-6-16(8)14-15-12-10(13(17)18)4-3-5-11(12)20-14/h8-10H,3-7H2,1-2H3,(H,17,18). The van der Waals surface area contributed by atoms with Crippen LogP contribution in [0.3, 0.4) is 0 Å². The van der Waals surface area contributed by atoms with Crippen LogP contribution in [0.1, 0.15) is 43.2 Å². The molecule has 110 valence electrons. The van der Waals surface area contributed by atoms with Crippen LogP contribution in [0.15, 0.2) is 0 Å². The fraction of sp³-hybridized carbons (Fsp3) is 0.714. The highest BCUT2D eigenvalue weighted by Gasteiger charge is 2.33. The number of carbonyl (C=O) groups is 1. The maximum atomic E-state index is 11.4. The van der Waals surface area contributed by atoms with Crippen LogP contribution in [-0.2, 0) is 11.2 Å². The van der Waals surface area contributed by atoms with Crippen LogP contribution in [0.25, 0.3) is 0 Å². The van der Waals surface area contributed by atoms with Crippen molar-refractivity contribution in [1.29, 1.82) is 0 Å². The van der Waals surface area contributed by atoms with E-state index in [1.807, 2.05) is 11.8 Å². The van der Waals surface area contributed by atoms with Crippen LogP contribution >= 0.6 is 23.1 Å². The van der Waals surface area contributed by atoms with Gasteiger partial charge in [-0.25, -0.2) is 4.98 Å². The van der Waals surface area contributed by atoms with Gasteiger partial charge in [0.1, 0.15) is 5.92 Å². The molecule has 0 bridgehead atoms. The maximum Gasteiger partial charge on any atom is 0.312 e. The smallest absolute Gasteiger partial charge is 0.312 e. The first kappa shape index (κ1) is 14.2. The fourth-order valence-electron chi connectivity index (χ4n) is 2.97. The molecule has 1 aliphatic carbocycles. The average Bonchev–Trinajstić information content (AvgIpc) is 2.84. The second kappa shape index (κ2) is 5.56. The number of thiazole rings is 1. The van der Waals surface area contributed by atoms with Crippen molar-refractivity contribution in [2.45, 2.75) is 50.3 Å². The van der Waals surface area contributed by atoms with Gasteiger partial charge in [-0.05, 0) is 26.2 Å². The molecule has 1 aliphatic heterocycles. The highest BCUT2D eigenvalue weighted by Crippen LogP contribution is 2.40. The first-order chi connectivity index (χ1) is 9.58. The Morgan fingerprint density at radius 1 is 1.45 bits per heavy atom. The first-order valence-corrected chi connectivity index (χ1v) is 9.05. The highest BCUT2D eigenvalue weighted by atomic mass is 32.2. The van der Waals surface area contributed by atoms with E-state index in [1.165, 1.54) is 4.88 Å². The van der Waals surface area contributed by atoms with Crippen LogP contribution < -0.4 is 4.90 Å². The molecule has 2 heterocycles. The number of fused-ring (bicyclic) bond motifs is 1. The molecule has 0 amide bonds. The van der Waals surface area contributed by atoms with E-state index < -0.39 is 11.9 Å². The van der Waals surface area contributed by atoms with E-state index in [0.717, 1.165) is 42.4 Å². The summed E-state index contributed by atoms with van der Waals surface area (Å²) in [6.07, 6.45) is 2.68.